The predicted octanol–water partition coefficient (Wildman–Crippen LogP) is 0.566. The average Bonchev–Trinajstić information content (AvgIpc) is 2.77. The van der Waals surface area contributed by atoms with Gasteiger partial charge in [-0.1, -0.05) is 11.8 Å². The molecule has 0 bridgehead atoms. The number of pyridine rings is 1. The molecule has 0 aromatic carbocycles. The monoisotopic (exact) mass is 306 g/mol. The Kier molecular flexibility index (Phi) is 4.26. The Morgan fingerprint density at radius 2 is 2.14 bits per heavy atom. The number of aromatic nitrogens is 3. The summed E-state index contributed by atoms with van der Waals surface area (Å²) in [5.41, 5.74) is 2.01. The zero-order valence-corrected chi connectivity index (χ0v) is 12.3. The highest BCUT2D eigenvalue weighted by atomic mass is 32.2. The van der Waals surface area contributed by atoms with E-state index in [0.717, 1.165) is 0 Å². The van der Waals surface area contributed by atoms with Crippen LogP contribution in [0.1, 0.15) is 17.0 Å². The highest BCUT2D eigenvalue weighted by Gasteiger charge is 2.18. The van der Waals surface area contributed by atoms with E-state index in [1.54, 1.807) is 13.8 Å². The number of nitrogens with zero attached hydrogens (tertiary/aromatic N) is 2. The van der Waals surface area contributed by atoms with Crippen LogP contribution >= 0.6 is 0 Å². The molecule has 110 valence electrons. The van der Waals surface area contributed by atoms with E-state index in [1.165, 1.54) is 18.5 Å². The van der Waals surface area contributed by atoms with Gasteiger partial charge in [0.25, 0.3) is 10.0 Å². The molecule has 0 unspecified atom stereocenters. The zero-order chi connectivity index (χ0) is 15.5. The van der Waals surface area contributed by atoms with Gasteiger partial charge in [-0.3, -0.25) is 14.8 Å². The Bertz CT molecular complexity index is 796. The molecule has 3 N–H and O–H groups in total. The molecule has 0 atom stereocenters. The summed E-state index contributed by atoms with van der Waals surface area (Å²) in [6.45, 7) is 3.12. The van der Waals surface area contributed by atoms with E-state index in [0.29, 0.717) is 22.6 Å². The largest absolute Gasteiger partial charge is 0.384 e. The number of aryl methyl sites for hydroxylation is 2. The third kappa shape index (κ3) is 3.39. The van der Waals surface area contributed by atoms with Crippen LogP contribution in [0.3, 0.4) is 0 Å². The number of aromatic amines is 1. The number of rotatable bonds is 3. The lowest BCUT2D eigenvalue weighted by Gasteiger charge is -2.08. The summed E-state index contributed by atoms with van der Waals surface area (Å²) in [4.78, 5) is 3.84. The smallest absolute Gasteiger partial charge is 0.263 e. The van der Waals surface area contributed by atoms with Crippen molar-refractivity contribution < 1.29 is 13.5 Å². The van der Waals surface area contributed by atoms with Crippen LogP contribution in [0.2, 0.25) is 0 Å². The Balaban J connectivity index is 2.36. The maximum absolute atomic E-state index is 12.3. The van der Waals surface area contributed by atoms with Crippen LogP contribution in [0.25, 0.3) is 0 Å². The first-order chi connectivity index (χ1) is 9.94. The molecule has 2 aromatic heterocycles. The molecule has 0 aliphatic heterocycles. The molecule has 0 amide bonds. The van der Waals surface area contributed by atoms with Crippen molar-refractivity contribution in [3.05, 3.63) is 35.4 Å². The Morgan fingerprint density at radius 1 is 1.38 bits per heavy atom. The first-order valence-electron chi connectivity index (χ1n) is 6.03. The molecule has 0 spiro atoms. The van der Waals surface area contributed by atoms with Crippen molar-refractivity contribution in [2.75, 3.05) is 11.3 Å². The van der Waals surface area contributed by atoms with E-state index in [-0.39, 0.29) is 11.5 Å². The molecule has 2 aromatic rings. The summed E-state index contributed by atoms with van der Waals surface area (Å²) in [6, 6.07) is 1.39. The Morgan fingerprint density at radius 3 is 2.76 bits per heavy atom. The first kappa shape index (κ1) is 15.0. The third-order valence-corrected chi connectivity index (χ3v) is 4.02. The molecule has 0 radical (unpaired) electrons. The molecule has 0 saturated carbocycles. The van der Waals surface area contributed by atoms with E-state index in [2.05, 4.69) is 31.7 Å². The summed E-state index contributed by atoms with van der Waals surface area (Å²) in [6.07, 6.45) is 2.66. The van der Waals surface area contributed by atoms with Gasteiger partial charge in [-0.15, -0.1) is 0 Å². The molecule has 21 heavy (non-hydrogen) atoms. The van der Waals surface area contributed by atoms with Crippen molar-refractivity contribution in [1.29, 1.82) is 0 Å². The normalized spacial score (nSPS) is 10.8. The van der Waals surface area contributed by atoms with Gasteiger partial charge in [0.2, 0.25) is 0 Å². The van der Waals surface area contributed by atoms with Crippen molar-refractivity contribution >= 4 is 15.7 Å². The molecule has 0 aliphatic rings. The molecule has 7 nitrogen and oxygen atoms in total. The maximum Gasteiger partial charge on any atom is 0.263 e. The van der Waals surface area contributed by atoms with Gasteiger partial charge >= 0.3 is 0 Å². The lowest BCUT2D eigenvalue weighted by atomic mass is 10.3. The molecule has 0 aliphatic carbocycles. The molecule has 2 rings (SSSR count). The van der Waals surface area contributed by atoms with Gasteiger partial charge in [-0.25, -0.2) is 8.42 Å². The molecular formula is C13H14N4O3S. The Labute approximate surface area is 122 Å². The molecular weight excluding hydrogens is 292 g/mol. The summed E-state index contributed by atoms with van der Waals surface area (Å²) in [7, 11) is -3.78. The summed E-state index contributed by atoms with van der Waals surface area (Å²) in [5.74, 6) is 5.06. The third-order valence-electron chi connectivity index (χ3n) is 2.70. The SMILES string of the molecule is Cc1n[nH]c(C)c1NS(=O)(=O)c1cncc(C#CCO)c1. The minimum Gasteiger partial charge on any atom is -0.384 e. The summed E-state index contributed by atoms with van der Waals surface area (Å²) < 4.78 is 27.2. The molecule has 0 fully saturated rings. The van der Waals surface area contributed by atoms with Crippen molar-refractivity contribution in [2.45, 2.75) is 18.7 Å². The fourth-order valence-corrected chi connectivity index (χ4v) is 2.84. The second-order valence-electron chi connectivity index (χ2n) is 4.28. The zero-order valence-electron chi connectivity index (χ0n) is 11.5. The number of hydrogen-bond donors (Lipinski definition) is 3. The number of nitrogens with one attached hydrogen (secondary N) is 2. The Hall–Kier alpha value is -2.37. The van der Waals surface area contributed by atoms with Crippen molar-refractivity contribution in [3.8, 4) is 11.8 Å². The van der Waals surface area contributed by atoms with Crippen LogP contribution in [0.4, 0.5) is 5.69 Å². The summed E-state index contributed by atoms with van der Waals surface area (Å²) >= 11 is 0. The average molecular weight is 306 g/mol. The van der Waals surface area contributed by atoms with Crippen LogP contribution in [0.5, 0.6) is 0 Å². The fraction of sp³-hybridized carbons (Fsp3) is 0.231. The number of H-pyrrole nitrogens is 1. The van der Waals surface area contributed by atoms with Gasteiger partial charge in [0, 0.05) is 18.0 Å². The van der Waals surface area contributed by atoms with E-state index < -0.39 is 10.0 Å². The van der Waals surface area contributed by atoms with Crippen LogP contribution < -0.4 is 4.72 Å². The minimum atomic E-state index is -3.78. The van der Waals surface area contributed by atoms with Gasteiger partial charge in [0.15, 0.2) is 0 Å². The lowest BCUT2D eigenvalue weighted by molar-refractivity contribution is 0.350. The van der Waals surface area contributed by atoms with Crippen LogP contribution in [0, 0.1) is 25.7 Å². The molecule has 0 saturated heterocycles. The lowest BCUT2D eigenvalue weighted by Crippen LogP contribution is -2.14. The van der Waals surface area contributed by atoms with E-state index in [9.17, 15) is 8.42 Å². The number of aliphatic hydroxyl groups is 1. The number of aliphatic hydroxyl groups excluding tert-OH is 1. The van der Waals surface area contributed by atoms with Gasteiger partial charge in [-0.05, 0) is 19.9 Å². The molecule has 8 heteroatoms. The van der Waals surface area contributed by atoms with Gasteiger partial charge in [0.05, 0.1) is 17.1 Å². The fourth-order valence-electron chi connectivity index (χ4n) is 1.67. The predicted molar refractivity (Wildman–Crippen MR) is 77.1 cm³/mol. The number of hydrogen-bond acceptors (Lipinski definition) is 5. The number of anilines is 1. The molecule has 2 heterocycles. The van der Waals surface area contributed by atoms with Crippen LogP contribution in [0.15, 0.2) is 23.4 Å². The standard InChI is InChI=1S/C13H14N4O3S/c1-9-13(10(2)16-15-9)17-21(19,20)12-6-11(4-3-5-18)7-14-8-12/h6-8,17-18H,5H2,1-2H3,(H,15,16). The summed E-state index contributed by atoms with van der Waals surface area (Å²) in [5, 5.41) is 15.3. The van der Waals surface area contributed by atoms with E-state index >= 15 is 0 Å². The van der Waals surface area contributed by atoms with Crippen molar-refractivity contribution in [2.24, 2.45) is 0 Å². The highest BCUT2D eigenvalue weighted by molar-refractivity contribution is 7.92. The van der Waals surface area contributed by atoms with Crippen LogP contribution in [-0.2, 0) is 10.0 Å². The van der Waals surface area contributed by atoms with Crippen molar-refractivity contribution in [3.63, 3.8) is 0 Å². The minimum absolute atomic E-state index is 0.00719. The van der Waals surface area contributed by atoms with E-state index in [4.69, 9.17) is 5.11 Å². The maximum atomic E-state index is 12.3. The quantitative estimate of drug-likeness (QED) is 0.718. The van der Waals surface area contributed by atoms with Gasteiger partial charge in [-0.2, -0.15) is 5.10 Å². The first-order valence-corrected chi connectivity index (χ1v) is 7.51. The van der Waals surface area contributed by atoms with Crippen LogP contribution in [-0.4, -0.2) is 35.3 Å². The second kappa shape index (κ2) is 5.95. The van der Waals surface area contributed by atoms with Crippen molar-refractivity contribution in [1.82, 2.24) is 15.2 Å². The number of sulfonamides is 1. The topological polar surface area (TPSA) is 108 Å². The highest BCUT2D eigenvalue weighted by Crippen LogP contribution is 2.21. The second-order valence-corrected chi connectivity index (χ2v) is 5.97. The van der Waals surface area contributed by atoms with E-state index in [1.807, 2.05) is 0 Å². The van der Waals surface area contributed by atoms with Gasteiger partial charge < -0.3 is 5.11 Å². The van der Waals surface area contributed by atoms with Gasteiger partial charge in [0.1, 0.15) is 11.5 Å².